The van der Waals surface area contributed by atoms with Crippen molar-refractivity contribution >= 4 is 23.2 Å². The molecule has 1 aromatic rings. The summed E-state index contributed by atoms with van der Waals surface area (Å²) in [7, 11) is 0. The van der Waals surface area contributed by atoms with Gasteiger partial charge in [0.2, 0.25) is 0 Å². The van der Waals surface area contributed by atoms with Crippen LogP contribution in [0.2, 0.25) is 5.02 Å². The number of anilines is 1. The van der Waals surface area contributed by atoms with Crippen LogP contribution in [0.5, 0.6) is 0 Å². The first-order valence-corrected chi connectivity index (χ1v) is 6.27. The number of hydrogen-bond donors (Lipinski definition) is 1. The average molecular weight is 269 g/mol. The number of hydrogen-bond acceptors (Lipinski definition) is 3. The number of rotatable bonds is 2. The number of carbonyl (C=O) groups excluding carboxylic acids is 1. The van der Waals surface area contributed by atoms with Gasteiger partial charge in [-0.2, -0.15) is 0 Å². The van der Waals surface area contributed by atoms with Crippen LogP contribution < -0.4 is 10.6 Å². The minimum Gasteiger partial charge on any atom is -0.359 e. The van der Waals surface area contributed by atoms with Crippen LogP contribution in [0.3, 0.4) is 0 Å². The molecule has 1 aromatic carbocycles. The SMILES string of the molecule is CC1(C)OC(CN)CN(c2cccc(Cl)c2)C1=O. The van der Waals surface area contributed by atoms with Gasteiger partial charge >= 0.3 is 0 Å². The van der Waals surface area contributed by atoms with Crippen LogP contribution in [-0.4, -0.2) is 30.7 Å². The zero-order valence-corrected chi connectivity index (χ0v) is 11.3. The lowest BCUT2D eigenvalue weighted by molar-refractivity contribution is -0.153. The Kier molecular flexibility index (Phi) is 3.61. The number of nitrogens with two attached hydrogens (primary N) is 1. The molecule has 0 radical (unpaired) electrons. The van der Waals surface area contributed by atoms with Gasteiger partial charge in [0, 0.05) is 17.3 Å². The van der Waals surface area contributed by atoms with Gasteiger partial charge in [0.1, 0.15) is 5.60 Å². The molecule has 2 rings (SSSR count). The summed E-state index contributed by atoms with van der Waals surface area (Å²) in [5.74, 6) is -0.0746. The number of carbonyl (C=O) groups is 1. The maximum atomic E-state index is 12.3. The van der Waals surface area contributed by atoms with E-state index >= 15 is 0 Å². The number of amides is 1. The normalized spacial score (nSPS) is 23.2. The fourth-order valence-corrected chi connectivity index (χ4v) is 2.29. The third kappa shape index (κ3) is 2.51. The van der Waals surface area contributed by atoms with E-state index in [1.807, 2.05) is 12.1 Å². The molecular weight excluding hydrogens is 252 g/mol. The van der Waals surface area contributed by atoms with Gasteiger partial charge in [-0.1, -0.05) is 17.7 Å². The highest BCUT2D eigenvalue weighted by Gasteiger charge is 2.41. The van der Waals surface area contributed by atoms with Crippen molar-refractivity contribution in [2.24, 2.45) is 5.73 Å². The summed E-state index contributed by atoms with van der Waals surface area (Å²) >= 11 is 5.96. The van der Waals surface area contributed by atoms with E-state index in [1.165, 1.54) is 0 Å². The van der Waals surface area contributed by atoms with E-state index in [9.17, 15) is 4.79 Å². The smallest absolute Gasteiger partial charge is 0.258 e. The van der Waals surface area contributed by atoms with Crippen LogP contribution >= 0.6 is 11.6 Å². The Labute approximate surface area is 112 Å². The maximum Gasteiger partial charge on any atom is 0.258 e. The molecule has 0 aromatic heterocycles. The third-order valence-electron chi connectivity index (χ3n) is 2.99. The number of nitrogens with zero attached hydrogens (tertiary/aromatic N) is 1. The summed E-state index contributed by atoms with van der Waals surface area (Å²) in [6.45, 7) is 4.36. The molecule has 5 heteroatoms. The summed E-state index contributed by atoms with van der Waals surface area (Å²) in [5, 5.41) is 0.605. The van der Waals surface area contributed by atoms with Gasteiger partial charge in [-0.15, -0.1) is 0 Å². The molecule has 98 valence electrons. The van der Waals surface area contributed by atoms with E-state index in [4.69, 9.17) is 22.1 Å². The van der Waals surface area contributed by atoms with Gasteiger partial charge in [-0.3, -0.25) is 4.79 Å². The highest BCUT2D eigenvalue weighted by Crippen LogP contribution is 2.28. The number of morpholine rings is 1. The molecule has 1 unspecified atom stereocenters. The van der Waals surface area contributed by atoms with Crippen molar-refractivity contribution in [3.05, 3.63) is 29.3 Å². The molecule has 1 amide bonds. The first kappa shape index (κ1) is 13.3. The molecule has 18 heavy (non-hydrogen) atoms. The molecule has 1 aliphatic rings. The van der Waals surface area contributed by atoms with Crippen LogP contribution in [0, 0.1) is 0 Å². The molecule has 0 saturated carbocycles. The fraction of sp³-hybridized carbons (Fsp3) is 0.462. The molecule has 0 aliphatic carbocycles. The van der Waals surface area contributed by atoms with E-state index in [2.05, 4.69) is 0 Å². The maximum absolute atomic E-state index is 12.3. The summed E-state index contributed by atoms with van der Waals surface area (Å²) < 4.78 is 5.67. The highest BCUT2D eigenvalue weighted by molar-refractivity contribution is 6.30. The summed E-state index contributed by atoms with van der Waals surface area (Å²) in [6.07, 6.45) is -0.156. The minimum absolute atomic E-state index is 0.0746. The Bertz CT molecular complexity index is 462. The van der Waals surface area contributed by atoms with Crippen LogP contribution in [0.25, 0.3) is 0 Å². The number of benzene rings is 1. The van der Waals surface area contributed by atoms with Gasteiger partial charge in [-0.05, 0) is 32.0 Å². The molecule has 1 heterocycles. The average Bonchev–Trinajstić information content (AvgIpc) is 2.32. The molecular formula is C13H17ClN2O2. The van der Waals surface area contributed by atoms with Crippen molar-refractivity contribution in [2.45, 2.75) is 25.6 Å². The minimum atomic E-state index is -0.857. The molecule has 0 spiro atoms. The predicted octanol–water partition coefficient (Wildman–Crippen LogP) is 1.81. The second-order valence-corrected chi connectivity index (χ2v) is 5.32. The Hall–Kier alpha value is -1.10. The lowest BCUT2D eigenvalue weighted by Crippen LogP contribution is -2.59. The van der Waals surface area contributed by atoms with Crippen molar-refractivity contribution in [2.75, 3.05) is 18.0 Å². The first-order valence-electron chi connectivity index (χ1n) is 5.89. The topological polar surface area (TPSA) is 55.6 Å². The van der Waals surface area contributed by atoms with Crippen LogP contribution in [0.1, 0.15) is 13.8 Å². The summed E-state index contributed by atoms with van der Waals surface area (Å²) in [5.41, 5.74) is 5.57. The third-order valence-corrected chi connectivity index (χ3v) is 3.23. The highest BCUT2D eigenvalue weighted by atomic mass is 35.5. The molecule has 1 atom stereocenters. The van der Waals surface area contributed by atoms with Gasteiger partial charge in [0.15, 0.2) is 0 Å². The number of halogens is 1. The van der Waals surface area contributed by atoms with Crippen LogP contribution in [0.4, 0.5) is 5.69 Å². The van der Waals surface area contributed by atoms with E-state index in [0.717, 1.165) is 5.69 Å². The largest absolute Gasteiger partial charge is 0.359 e. The summed E-state index contributed by atoms with van der Waals surface area (Å²) in [6, 6.07) is 7.24. The lowest BCUT2D eigenvalue weighted by atomic mass is 10.0. The molecule has 1 aliphatic heterocycles. The van der Waals surface area contributed by atoms with Gasteiger partial charge in [-0.25, -0.2) is 0 Å². The monoisotopic (exact) mass is 268 g/mol. The van der Waals surface area contributed by atoms with Crippen molar-refractivity contribution in [3.63, 3.8) is 0 Å². The lowest BCUT2D eigenvalue weighted by Gasteiger charge is -2.41. The first-order chi connectivity index (χ1) is 8.44. The quantitative estimate of drug-likeness (QED) is 0.890. The molecule has 1 fully saturated rings. The van der Waals surface area contributed by atoms with E-state index in [1.54, 1.807) is 30.9 Å². The van der Waals surface area contributed by atoms with Gasteiger partial charge < -0.3 is 15.4 Å². The fourth-order valence-electron chi connectivity index (χ4n) is 2.11. The van der Waals surface area contributed by atoms with E-state index in [0.29, 0.717) is 18.1 Å². The van der Waals surface area contributed by atoms with Crippen molar-refractivity contribution < 1.29 is 9.53 Å². The Morgan fingerprint density at radius 1 is 1.56 bits per heavy atom. The van der Waals surface area contributed by atoms with Gasteiger partial charge in [0.05, 0.1) is 12.6 Å². The second kappa shape index (κ2) is 4.88. The molecule has 1 saturated heterocycles. The van der Waals surface area contributed by atoms with Crippen molar-refractivity contribution in [3.8, 4) is 0 Å². The Morgan fingerprint density at radius 2 is 2.28 bits per heavy atom. The van der Waals surface area contributed by atoms with Gasteiger partial charge in [0.25, 0.3) is 5.91 Å². The van der Waals surface area contributed by atoms with Crippen molar-refractivity contribution in [1.82, 2.24) is 0 Å². The van der Waals surface area contributed by atoms with Crippen LogP contribution in [0.15, 0.2) is 24.3 Å². The Morgan fingerprint density at radius 3 is 2.89 bits per heavy atom. The molecule has 4 nitrogen and oxygen atoms in total. The zero-order valence-electron chi connectivity index (χ0n) is 10.5. The molecule has 2 N–H and O–H groups in total. The summed E-state index contributed by atoms with van der Waals surface area (Å²) in [4.78, 5) is 14.0. The predicted molar refractivity (Wildman–Crippen MR) is 71.8 cm³/mol. The zero-order chi connectivity index (χ0) is 13.3. The molecule has 0 bridgehead atoms. The van der Waals surface area contributed by atoms with Crippen molar-refractivity contribution in [1.29, 1.82) is 0 Å². The van der Waals surface area contributed by atoms with E-state index < -0.39 is 5.60 Å². The van der Waals surface area contributed by atoms with Crippen LogP contribution in [-0.2, 0) is 9.53 Å². The number of ether oxygens (including phenoxy) is 1. The van der Waals surface area contributed by atoms with E-state index in [-0.39, 0.29) is 12.0 Å². The second-order valence-electron chi connectivity index (χ2n) is 4.88. The Balaban J connectivity index is 2.33. The standard InChI is InChI=1S/C13H17ClN2O2/c1-13(2)12(17)16(8-11(7-15)18-13)10-5-3-4-9(14)6-10/h3-6,11H,7-8,15H2,1-2H3.